The molecule has 0 bridgehead atoms. The molecule has 0 aromatic carbocycles. The van der Waals surface area contributed by atoms with Crippen LogP contribution in [-0.4, -0.2) is 19.1 Å². The second kappa shape index (κ2) is 4.14. The van der Waals surface area contributed by atoms with E-state index >= 15 is 0 Å². The number of rotatable bonds is 2. The van der Waals surface area contributed by atoms with Crippen molar-refractivity contribution in [3.05, 3.63) is 25.6 Å². The number of imidazole rings is 1. The SMILES string of the molecule is CCC(C)n1c(=O)n(C)c(=O)c2[nH]c(Br)nc21. The number of hydrogen-bond donors (Lipinski definition) is 1. The molecular weight excluding hydrogens is 288 g/mol. The van der Waals surface area contributed by atoms with Gasteiger partial charge in [-0.15, -0.1) is 0 Å². The summed E-state index contributed by atoms with van der Waals surface area (Å²) in [6.07, 6.45) is 0.789. The van der Waals surface area contributed by atoms with Crippen molar-refractivity contribution in [2.45, 2.75) is 26.3 Å². The zero-order valence-corrected chi connectivity index (χ0v) is 11.4. The number of aromatic amines is 1. The predicted octanol–water partition coefficient (Wildman–Crippen LogP) is 1.16. The Morgan fingerprint density at radius 2 is 2.12 bits per heavy atom. The Kier molecular flexibility index (Phi) is 2.94. The van der Waals surface area contributed by atoms with Gasteiger partial charge in [0.05, 0.1) is 0 Å². The molecule has 7 heteroatoms. The Bertz CT molecular complexity index is 682. The van der Waals surface area contributed by atoms with E-state index in [1.807, 2.05) is 13.8 Å². The molecule has 0 aliphatic carbocycles. The van der Waals surface area contributed by atoms with E-state index in [0.29, 0.717) is 15.9 Å². The number of fused-ring (bicyclic) bond motifs is 1. The summed E-state index contributed by atoms with van der Waals surface area (Å²) < 4.78 is 3.09. The molecule has 0 radical (unpaired) electrons. The molecule has 1 atom stereocenters. The highest BCUT2D eigenvalue weighted by molar-refractivity contribution is 9.10. The molecule has 2 aromatic rings. The Labute approximate surface area is 105 Å². The van der Waals surface area contributed by atoms with E-state index in [0.717, 1.165) is 11.0 Å². The van der Waals surface area contributed by atoms with Crippen molar-refractivity contribution in [1.29, 1.82) is 0 Å². The number of nitrogens with zero attached hydrogens (tertiary/aromatic N) is 3. The first kappa shape index (κ1) is 12.1. The minimum absolute atomic E-state index is 0.00741. The monoisotopic (exact) mass is 300 g/mol. The van der Waals surface area contributed by atoms with Crippen molar-refractivity contribution in [3.8, 4) is 0 Å². The Morgan fingerprint density at radius 3 is 2.71 bits per heavy atom. The lowest BCUT2D eigenvalue weighted by molar-refractivity contribution is 0.500. The molecular formula is C10H13BrN4O2. The zero-order valence-electron chi connectivity index (χ0n) is 9.82. The van der Waals surface area contributed by atoms with Crippen LogP contribution < -0.4 is 11.2 Å². The Morgan fingerprint density at radius 1 is 1.47 bits per heavy atom. The fourth-order valence-corrected chi connectivity index (χ4v) is 2.11. The molecule has 2 aromatic heterocycles. The van der Waals surface area contributed by atoms with Crippen molar-refractivity contribution in [2.24, 2.45) is 7.05 Å². The number of halogens is 1. The summed E-state index contributed by atoms with van der Waals surface area (Å²) in [6.45, 7) is 3.91. The molecule has 0 aliphatic heterocycles. The van der Waals surface area contributed by atoms with Crippen LogP contribution in [-0.2, 0) is 7.05 Å². The summed E-state index contributed by atoms with van der Waals surface area (Å²) in [7, 11) is 1.47. The van der Waals surface area contributed by atoms with Gasteiger partial charge in [-0.1, -0.05) is 6.92 Å². The molecule has 1 N–H and O–H groups in total. The number of aromatic nitrogens is 4. The summed E-state index contributed by atoms with van der Waals surface area (Å²) in [4.78, 5) is 30.9. The topological polar surface area (TPSA) is 72.7 Å². The maximum absolute atomic E-state index is 12.1. The van der Waals surface area contributed by atoms with E-state index in [-0.39, 0.29) is 17.3 Å². The molecule has 0 fully saturated rings. The quantitative estimate of drug-likeness (QED) is 0.846. The summed E-state index contributed by atoms with van der Waals surface area (Å²) in [5, 5.41) is 0. The lowest BCUT2D eigenvalue weighted by Crippen LogP contribution is -2.39. The summed E-state index contributed by atoms with van der Waals surface area (Å²) in [5.41, 5.74) is 0.0530. The molecule has 6 nitrogen and oxygen atoms in total. The van der Waals surface area contributed by atoms with Crippen molar-refractivity contribution in [3.63, 3.8) is 0 Å². The maximum atomic E-state index is 12.1. The molecule has 0 amide bonds. The maximum Gasteiger partial charge on any atom is 0.332 e. The van der Waals surface area contributed by atoms with Gasteiger partial charge in [0, 0.05) is 13.1 Å². The highest BCUT2D eigenvalue weighted by Crippen LogP contribution is 2.15. The van der Waals surface area contributed by atoms with Crippen LogP contribution in [0.4, 0.5) is 0 Å². The van der Waals surface area contributed by atoms with Gasteiger partial charge in [-0.2, -0.15) is 0 Å². The van der Waals surface area contributed by atoms with Crippen LogP contribution in [0.25, 0.3) is 11.2 Å². The molecule has 1 unspecified atom stereocenters. The lowest BCUT2D eigenvalue weighted by Gasteiger charge is -2.14. The van der Waals surface area contributed by atoms with Gasteiger partial charge in [-0.05, 0) is 29.3 Å². The number of hydrogen-bond acceptors (Lipinski definition) is 3. The largest absolute Gasteiger partial charge is 0.332 e. The second-order valence-corrected chi connectivity index (χ2v) is 4.75. The van der Waals surface area contributed by atoms with Crippen molar-refractivity contribution >= 4 is 27.1 Å². The molecule has 17 heavy (non-hydrogen) atoms. The molecule has 92 valence electrons. The highest BCUT2D eigenvalue weighted by Gasteiger charge is 2.17. The summed E-state index contributed by atoms with van der Waals surface area (Å²) >= 11 is 3.18. The predicted molar refractivity (Wildman–Crippen MR) is 68.3 cm³/mol. The Hall–Kier alpha value is -1.37. The lowest BCUT2D eigenvalue weighted by atomic mass is 10.2. The minimum atomic E-state index is -0.359. The minimum Gasteiger partial charge on any atom is -0.327 e. The van der Waals surface area contributed by atoms with Crippen LogP contribution in [0.5, 0.6) is 0 Å². The van der Waals surface area contributed by atoms with Crippen LogP contribution in [0.3, 0.4) is 0 Å². The van der Waals surface area contributed by atoms with Crippen molar-refractivity contribution < 1.29 is 0 Å². The van der Waals surface area contributed by atoms with Gasteiger partial charge in [-0.25, -0.2) is 9.78 Å². The normalized spacial score (nSPS) is 13.2. The first-order valence-electron chi connectivity index (χ1n) is 5.34. The third kappa shape index (κ3) is 1.74. The summed E-state index contributed by atoms with van der Waals surface area (Å²) in [6, 6.07) is -0.00741. The van der Waals surface area contributed by atoms with Gasteiger partial charge in [0.2, 0.25) is 0 Å². The van der Waals surface area contributed by atoms with E-state index in [9.17, 15) is 9.59 Å². The first-order chi connectivity index (χ1) is 7.97. The molecule has 0 spiro atoms. The fourth-order valence-electron chi connectivity index (χ4n) is 1.75. The first-order valence-corrected chi connectivity index (χ1v) is 6.13. The van der Waals surface area contributed by atoms with Gasteiger partial charge in [0.1, 0.15) is 0 Å². The van der Waals surface area contributed by atoms with Crippen LogP contribution >= 0.6 is 15.9 Å². The molecule has 0 aliphatic rings. The van der Waals surface area contributed by atoms with Crippen LogP contribution in [0.1, 0.15) is 26.3 Å². The van der Waals surface area contributed by atoms with Crippen LogP contribution in [0, 0.1) is 0 Å². The van der Waals surface area contributed by atoms with E-state index in [1.165, 1.54) is 11.6 Å². The van der Waals surface area contributed by atoms with Crippen molar-refractivity contribution in [2.75, 3.05) is 0 Å². The van der Waals surface area contributed by atoms with E-state index < -0.39 is 0 Å². The second-order valence-electron chi connectivity index (χ2n) is 4.00. The molecule has 2 rings (SSSR count). The molecule has 0 saturated carbocycles. The van der Waals surface area contributed by atoms with Gasteiger partial charge in [0.15, 0.2) is 15.9 Å². The Balaban J connectivity index is 3.00. The third-order valence-electron chi connectivity index (χ3n) is 2.93. The summed E-state index contributed by atoms with van der Waals surface area (Å²) in [5.74, 6) is 0. The average molecular weight is 301 g/mol. The zero-order chi connectivity index (χ0) is 12.7. The smallest absolute Gasteiger partial charge is 0.327 e. The third-order valence-corrected chi connectivity index (χ3v) is 3.30. The van der Waals surface area contributed by atoms with E-state index in [4.69, 9.17) is 0 Å². The highest BCUT2D eigenvalue weighted by atomic mass is 79.9. The van der Waals surface area contributed by atoms with Gasteiger partial charge in [-0.3, -0.25) is 13.9 Å². The van der Waals surface area contributed by atoms with Gasteiger partial charge >= 0.3 is 5.69 Å². The molecule has 2 heterocycles. The fraction of sp³-hybridized carbons (Fsp3) is 0.500. The van der Waals surface area contributed by atoms with Gasteiger partial charge in [0.25, 0.3) is 5.56 Å². The standard InChI is InChI=1S/C10H13BrN4O2/c1-4-5(2)15-7-6(12-9(11)13-7)8(16)14(3)10(15)17/h5H,4H2,1-3H3,(H,12,13). The number of H-pyrrole nitrogens is 1. The number of nitrogens with one attached hydrogen (secondary N) is 1. The van der Waals surface area contributed by atoms with E-state index in [2.05, 4.69) is 25.9 Å². The van der Waals surface area contributed by atoms with Crippen molar-refractivity contribution in [1.82, 2.24) is 19.1 Å². The average Bonchev–Trinajstić information content (AvgIpc) is 2.68. The van der Waals surface area contributed by atoms with Gasteiger partial charge < -0.3 is 4.98 Å². The van der Waals surface area contributed by atoms with Crippen LogP contribution in [0.2, 0.25) is 0 Å². The molecule has 0 saturated heterocycles. The van der Waals surface area contributed by atoms with Crippen LogP contribution in [0.15, 0.2) is 14.3 Å². The van der Waals surface area contributed by atoms with E-state index in [1.54, 1.807) is 0 Å².